The van der Waals surface area contributed by atoms with Crippen LogP contribution in [0.1, 0.15) is 11.6 Å². The molecule has 0 radical (unpaired) electrons. The van der Waals surface area contributed by atoms with Crippen LogP contribution in [0.3, 0.4) is 0 Å². The quantitative estimate of drug-likeness (QED) is 0.699. The Labute approximate surface area is 158 Å². The Bertz CT molecular complexity index is 1080. The maximum Gasteiger partial charge on any atom is 0.242 e. The van der Waals surface area contributed by atoms with Gasteiger partial charge in [-0.3, -0.25) is 0 Å². The molecule has 0 bridgehead atoms. The number of aliphatic carboxylic acids is 1. The Hall–Kier alpha value is -2.90. The van der Waals surface area contributed by atoms with Crippen molar-refractivity contribution in [3.05, 3.63) is 72.3 Å². The molecule has 6 nitrogen and oxygen atoms in total. The highest BCUT2D eigenvalue weighted by Crippen LogP contribution is 2.30. The van der Waals surface area contributed by atoms with Gasteiger partial charge in [-0.1, -0.05) is 54.6 Å². The number of hydrogen-bond donors (Lipinski definition) is 1. The van der Waals surface area contributed by atoms with Gasteiger partial charge in [0.15, 0.2) is 0 Å². The first-order valence-corrected chi connectivity index (χ1v) is 9.77. The number of carboxylic acids is 1. The summed E-state index contributed by atoms with van der Waals surface area (Å²) in [5, 5.41) is 12.8. The Balaban J connectivity index is 2.10. The molecule has 0 aliphatic heterocycles. The maximum atomic E-state index is 13.0. The molecule has 0 unspecified atom stereocenters. The number of fused-ring (bicyclic) bond motifs is 1. The smallest absolute Gasteiger partial charge is 0.242 e. The average Bonchev–Trinajstić information content (AvgIpc) is 2.65. The molecule has 1 atom stereocenters. The van der Waals surface area contributed by atoms with Gasteiger partial charge in [0.25, 0.3) is 0 Å². The van der Waals surface area contributed by atoms with Crippen LogP contribution in [0.2, 0.25) is 0 Å². The maximum absolute atomic E-state index is 13.0. The minimum Gasteiger partial charge on any atom is -0.548 e. The molecule has 0 amide bonds. The van der Waals surface area contributed by atoms with Crippen molar-refractivity contribution in [1.82, 2.24) is 4.72 Å². The summed E-state index contributed by atoms with van der Waals surface area (Å²) < 4.78 is 28.3. The van der Waals surface area contributed by atoms with Crippen molar-refractivity contribution in [2.45, 2.75) is 10.9 Å². The number of rotatable bonds is 6. The van der Waals surface area contributed by atoms with Crippen molar-refractivity contribution in [2.24, 2.45) is 0 Å². The number of benzene rings is 3. The van der Waals surface area contributed by atoms with Gasteiger partial charge in [-0.2, -0.15) is 4.72 Å². The highest BCUT2D eigenvalue weighted by atomic mass is 32.2. The third-order valence-corrected chi connectivity index (χ3v) is 5.75. The van der Waals surface area contributed by atoms with Gasteiger partial charge < -0.3 is 14.8 Å². The molecule has 3 aromatic rings. The molecule has 0 heterocycles. The van der Waals surface area contributed by atoms with Gasteiger partial charge >= 0.3 is 0 Å². The first-order valence-electron chi connectivity index (χ1n) is 8.28. The largest absolute Gasteiger partial charge is 0.548 e. The van der Waals surface area contributed by atoms with E-state index in [-0.39, 0.29) is 4.90 Å². The highest BCUT2D eigenvalue weighted by molar-refractivity contribution is 7.89. The van der Waals surface area contributed by atoms with Crippen molar-refractivity contribution in [3.8, 4) is 0 Å². The van der Waals surface area contributed by atoms with E-state index in [4.69, 9.17) is 0 Å². The summed E-state index contributed by atoms with van der Waals surface area (Å²) in [6.07, 6.45) is 0. The van der Waals surface area contributed by atoms with Crippen LogP contribution in [-0.4, -0.2) is 28.5 Å². The Kier molecular flexibility index (Phi) is 5.16. The Morgan fingerprint density at radius 3 is 2.19 bits per heavy atom. The zero-order chi connectivity index (χ0) is 19.6. The predicted octanol–water partition coefficient (Wildman–Crippen LogP) is 1.68. The van der Waals surface area contributed by atoms with Crippen LogP contribution in [0, 0.1) is 0 Å². The zero-order valence-electron chi connectivity index (χ0n) is 14.9. The van der Waals surface area contributed by atoms with Gasteiger partial charge in [0.05, 0.1) is 16.9 Å². The third-order valence-electron chi connectivity index (χ3n) is 4.27. The molecule has 0 saturated carbocycles. The van der Waals surface area contributed by atoms with Crippen molar-refractivity contribution in [3.63, 3.8) is 0 Å². The monoisotopic (exact) mass is 383 g/mol. The molecule has 0 aliphatic carbocycles. The number of nitrogens with one attached hydrogen (secondary N) is 1. The SMILES string of the molecule is CN(C)c1cccc2c(S(=O)(=O)N[C@@H](C(=O)[O-])c3ccccc3)cccc12. The van der Waals surface area contributed by atoms with E-state index >= 15 is 0 Å². The fraction of sp³-hybridized carbons (Fsp3) is 0.150. The molecule has 7 heteroatoms. The number of anilines is 1. The van der Waals surface area contributed by atoms with Gasteiger partial charge in [-0.25, -0.2) is 8.42 Å². The Morgan fingerprint density at radius 2 is 1.56 bits per heavy atom. The predicted molar refractivity (Wildman–Crippen MR) is 103 cm³/mol. The topological polar surface area (TPSA) is 89.5 Å². The van der Waals surface area contributed by atoms with Crippen molar-refractivity contribution in [2.75, 3.05) is 19.0 Å². The molecule has 27 heavy (non-hydrogen) atoms. The van der Waals surface area contributed by atoms with E-state index in [0.29, 0.717) is 10.9 Å². The highest BCUT2D eigenvalue weighted by Gasteiger charge is 2.24. The number of carbonyl (C=O) groups excluding carboxylic acids is 1. The average molecular weight is 383 g/mol. The standard InChI is InChI=1S/C20H20N2O4S/c1-22(2)17-12-6-11-16-15(17)10-7-13-18(16)27(25,26)21-19(20(23)24)14-8-4-3-5-9-14/h3-13,19,21H,1-2H3,(H,23,24)/p-1/t19-/m1/s1. The molecule has 0 fully saturated rings. The van der Waals surface area contributed by atoms with Crippen LogP contribution in [0.25, 0.3) is 10.8 Å². The minimum atomic E-state index is -4.11. The normalized spacial score (nSPS) is 12.7. The molecule has 0 spiro atoms. The lowest BCUT2D eigenvalue weighted by Crippen LogP contribution is -2.41. The number of hydrogen-bond acceptors (Lipinski definition) is 5. The minimum absolute atomic E-state index is 0.0193. The first kappa shape index (κ1) is 18.9. The lowest BCUT2D eigenvalue weighted by Gasteiger charge is -2.21. The van der Waals surface area contributed by atoms with Crippen LogP contribution >= 0.6 is 0 Å². The summed E-state index contributed by atoms with van der Waals surface area (Å²) >= 11 is 0. The molecular formula is C20H19N2O4S-. The second kappa shape index (κ2) is 7.38. The fourth-order valence-electron chi connectivity index (χ4n) is 3.01. The van der Waals surface area contributed by atoms with Crippen LogP contribution in [0.4, 0.5) is 5.69 Å². The molecule has 0 aliphatic rings. The van der Waals surface area contributed by atoms with Gasteiger partial charge in [-0.15, -0.1) is 0 Å². The van der Waals surface area contributed by atoms with E-state index in [1.165, 1.54) is 18.2 Å². The van der Waals surface area contributed by atoms with Crippen LogP contribution in [0.5, 0.6) is 0 Å². The van der Waals surface area contributed by atoms with Gasteiger partial charge in [0.2, 0.25) is 10.0 Å². The second-order valence-electron chi connectivity index (χ2n) is 6.31. The molecular weight excluding hydrogens is 364 g/mol. The van der Waals surface area contributed by atoms with Crippen molar-refractivity contribution < 1.29 is 18.3 Å². The van der Waals surface area contributed by atoms with Crippen molar-refractivity contribution >= 4 is 32.5 Å². The zero-order valence-corrected chi connectivity index (χ0v) is 15.7. The molecule has 0 aromatic heterocycles. The number of carboxylic acid groups (broad SMARTS) is 1. The third kappa shape index (κ3) is 3.79. The fourth-order valence-corrected chi connectivity index (χ4v) is 4.40. The lowest BCUT2D eigenvalue weighted by atomic mass is 10.1. The van der Waals surface area contributed by atoms with E-state index in [1.807, 2.05) is 31.1 Å². The number of sulfonamides is 1. The Morgan fingerprint density at radius 1 is 0.926 bits per heavy atom. The summed E-state index contributed by atoms with van der Waals surface area (Å²) in [6.45, 7) is 0. The summed E-state index contributed by atoms with van der Waals surface area (Å²) in [4.78, 5) is 13.5. The van der Waals surface area contributed by atoms with Crippen LogP contribution in [0.15, 0.2) is 71.6 Å². The molecule has 0 saturated heterocycles. The van der Waals surface area contributed by atoms with Gasteiger partial charge in [0, 0.05) is 30.6 Å². The van der Waals surface area contributed by atoms with E-state index in [0.717, 1.165) is 11.1 Å². The summed E-state index contributed by atoms with van der Waals surface area (Å²) in [7, 11) is -0.370. The van der Waals surface area contributed by atoms with E-state index in [1.54, 1.807) is 36.4 Å². The van der Waals surface area contributed by atoms with Gasteiger partial charge in [-0.05, 0) is 17.7 Å². The lowest BCUT2D eigenvalue weighted by molar-refractivity contribution is -0.308. The molecule has 1 N–H and O–H groups in total. The van der Waals surface area contributed by atoms with Crippen LogP contribution in [-0.2, 0) is 14.8 Å². The van der Waals surface area contributed by atoms with E-state index < -0.39 is 22.0 Å². The number of nitrogens with zero attached hydrogens (tertiary/aromatic N) is 1. The summed E-state index contributed by atoms with van der Waals surface area (Å²) in [5.41, 5.74) is 1.17. The summed E-state index contributed by atoms with van der Waals surface area (Å²) in [5.74, 6) is -1.51. The van der Waals surface area contributed by atoms with Crippen molar-refractivity contribution in [1.29, 1.82) is 0 Å². The van der Waals surface area contributed by atoms with Crippen LogP contribution < -0.4 is 14.7 Å². The van der Waals surface area contributed by atoms with Gasteiger partial charge in [0.1, 0.15) is 0 Å². The van der Waals surface area contributed by atoms with E-state index in [2.05, 4.69) is 4.72 Å². The molecule has 3 rings (SSSR count). The number of carbonyl (C=O) groups is 1. The first-order chi connectivity index (χ1) is 12.8. The molecule has 140 valence electrons. The van der Waals surface area contributed by atoms with E-state index in [9.17, 15) is 18.3 Å². The summed E-state index contributed by atoms with van der Waals surface area (Å²) in [6, 6.07) is 16.9. The second-order valence-corrected chi connectivity index (χ2v) is 7.99. The molecule has 3 aromatic carbocycles.